The number of nitrogens with zero attached hydrogens (tertiary/aromatic N) is 1. The van der Waals surface area contributed by atoms with E-state index in [1.54, 1.807) is 18.2 Å². The van der Waals surface area contributed by atoms with Crippen molar-refractivity contribution in [1.82, 2.24) is 10.2 Å². The van der Waals surface area contributed by atoms with Crippen molar-refractivity contribution < 1.29 is 9.90 Å². The molecule has 0 aliphatic heterocycles. The molecule has 0 unspecified atom stereocenters. The molecule has 0 bridgehead atoms. The van der Waals surface area contributed by atoms with Crippen molar-refractivity contribution in [2.45, 2.75) is 31.6 Å². The Kier molecular flexibility index (Phi) is 2.35. The number of aromatic carboxylic acids is 1. The minimum atomic E-state index is -0.884. The van der Waals surface area contributed by atoms with E-state index in [0.29, 0.717) is 11.5 Å². The Labute approximate surface area is 98.6 Å². The number of rotatable bonds is 2. The van der Waals surface area contributed by atoms with Crippen LogP contribution in [0.15, 0.2) is 18.2 Å². The lowest BCUT2D eigenvalue weighted by Crippen LogP contribution is -1.97. The summed E-state index contributed by atoms with van der Waals surface area (Å²) in [5.41, 5.74) is 2.30. The molecule has 0 spiro atoms. The number of carbonyl (C=O) groups is 1. The van der Waals surface area contributed by atoms with Crippen molar-refractivity contribution in [1.29, 1.82) is 0 Å². The van der Waals surface area contributed by atoms with Crippen molar-refractivity contribution in [2.24, 2.45) is 0 Å². The summed E-state index contributed by atoms with van der Waals surface area (Å²) in [6, 6.07) is 5.10. The van der Waals surface area contributed by atoms with Crippen LogP contribution in [0.25, 0.3) is 10.9 Å². The lowest BCUT2D eigenvalue weighted by atomic mass is 9.99. The van der Waals surface area contributed by atoms with Crippen LogP contribution in [0.2, 0.25) is 0 Å². The Bertz CT molecular complexity index is 568. The predicted octanol–water partition coefficient (Wildman–Crippen LogP) is 2.92. The molecule has 1 aliphatic carbocycles. The number of nitrogens with one attached hydrogen (secondary N) is 1. The lowest BCUT2D eigenvalue weighted by Gasteiger charge is -2.06. The number of aromatic amines is 1. The van der Waals surface area contributed by atoms with Gasteiger partial charge in [-0.25, -0.2) is 4.79 Å². The molecule has 0 amide bonds. The van der Waals surface area contributed by atoms with Gasteiger partial charge in [0.05, 0.1) is 11.1 Å². The molecule has 1 aliphatic rings. The van der Waals surface area contributed by atoms with Crippen LogP contribution in [0.3, 0.4) is 0 Å². The molecule has 4 heteroatoms. The SMILES string of the molecule is O=C(O)c1ccc2n[nH]c(C3CCCC3)c2c1. The summed E-state index contributed by atoms with van der Waals surface area (Å²) in [7, 11) is 0. The minimum absolute atomic E-state index is 0.332. The normalized spacial score (nSPS) is 16.7. The third-order valence-electron chi connectivity index (χ3n) is 3.59. The maximum Gasteiger partial charge on any atom is 0.335 e. The molecule has 1 heterocycles. The largest absolute Gasteiger partial charge is 0.478 e. The Morgan fingerprint density at radius 2 is 2.12 bits per heavy atom. The smallest absolute Gasteiger partial charge is 0.335 e. The number of hydrogen-bond acceptors (Lipinski definition) is 2. The van der Waals surface area contributed by atoms with E-state index >= 15 is 0 Å². The monoisotopic (exact) mass is 230 g/mol. The molecule has 4 nitrogen and oxygen atoms in total. The van der Waals surface area contributed by atoms with Gasteiger partial charge in [0.2, 0.25) is 0 Å². The number of aromatic nitrogens is 2. The van der Waals surface area contributed by atoms with E-state index in [9.17, 15) is 4.79 Å². The number of H-pyrrole nitrogens is 1. The van der Waals surface area contributed by atoms with E-state index in [2.05, 4.69) is 10.2 Å². The first-order valence-corrected chi connectivity index (χ1v) is 5.97. The van der Waals surface area contributed by atoms with E-state index in [4.69, 9.17) is 5.11 Å². The summed E-state index contributed by atoms with van der Waals surface area (Å²) in [5, 5.41) is 17.3. The van der Waals surface area contributed by atoms with Gasteiger partial charge in [-0.2, -0.15) is 5.10 Å². The molecule has 1 aromatic carbocycles. The fourth-order valence-electron chi connectivity index (χ4n) is 2.69. The number of benzene rings is 1. The van der Waals surface area contributed by atoms with Crippen LogP contribution in [-0.4, -0.2) is 21.3 Å². The highest BCUT2D eigenvalue weighted by molar-refractivity contribution is 5.94. The molecular weight excluding hydrogens is 216 g/mol. The van der Waals surface area contributed by atoms with Crippen LogP contribution in [0.5, 0.6) is 0 Å². The minimum Gasteiger partial charge on any atom is -0.478 e. The van der Waals surface area contributed by atoms with E-state index < -0.39 is 5.97 Å². The first-order chi connectivity index (χ1) is 8.25. The lowest BCUT2D eigenvalue weighted by molar-refractivity contribution is 0.0697. The van der Waals surface area contributed by atoms with E-state index in [0.717, 1.165) is 16.6 Å². The van der Waals surface area contributed by atoms with Gasteiger partial charge in [-0.15, -0.1) is 0 Å². The van der Waals surface area contributed by atoms with E-state index in [-0.39, 0.29) is 0 Å². The molecule has 88 valence electrons. The predicted molar refractivity (Wildman–Crippen MR) is 64.3 cm³/mol. The number of carboxylic acids is 1. The summed E-state index contributed by atoms with van der Waals surface area (Å²) < 4.78 is 0. The topological polar surface area (TPSA) is 66.0 Å². The highest BCUT2D eigenvalue weighted by atomic mass is 16.4. The van der Waals surface area contributed by atoms with Crippen LogP contribution in [0.1, 0.15) is 47.7 Å². The molecular formula is C13H14N2O2. The van der Waals surface area contributed by atoms with Gasteiger partial charge in [0.15, 0.2) is 0 Å². The molecule has 2 aromatic rings. The van der Waals surface area contributed by atoms with E-state index in [1.807, 2.05) is 0 Å². The third kappa shape index (κ3) is 1.69. The molecule has 1 aromatic heterocycles. The second-order valence-corrected chi connectivity index (χ2v) is 4.66. The van der Waals surface area contributed by atoms with Gasteiger partial charge < -0.3 is 5.11 Å². The number of carboxylic acid groups (broad SMARTS) is 1. The van der Waals surface area contributed by atoms with Gasteiger partial charge in [0.25, 0.3) is 0 Å². The Morgan fingerprint density at radius 1 is 1.35 bits per heavy atom. The molecule has 0 radical (unpaired) electrons. The quantitative estimate of drug-likeness (QED) is 0.833. The maximum absolute atomic E-state index is 11.0. The summed E-state index contributed by atoms with van der Waals surface area (Å²) >= 11 is 0. The average Bonchev–Trinajstić information content (AvgIpc) is 2.96. The fourth-order valence-corrected chi connectivity index (χ4v) is 2.69. The second-order valence-electron chi connectivity index (χ2n) is 4.66. The van der Waals surface area contributed by atoms with Crippen molar-refractivity contribution in [3.05, 3.63) is 29.5 Å². The fraction of sp³-hybridized carbons (Fsp3) is 0.385. The van der Waals surface area contributed by atoms with Crippen LogP contribution < -0.4 is 0 Å². The molecule has 2 N–H and O–H groups in total. The van der Waals surface area contributed by atoms with Crippen molar-refractivity contribution in [2.75, 3.05) is 0 Å². The second kappa shape index (κ2) is 3.87. The number of hydrogen-bond donors (Lipinski definition) is 2. The Balaban J connectivity index is 2.11. The van der Waals surface area contributed by atoms with Crippen molar-refractivity contribution >= 4 is 16.9 Å². The van der Waals surface area contributed by atoms with Gasteiger partial charge in [-0.1, -0.05) is 12.8 Å². The van der Waals surface area contributed by atoms with Crippen molar-refractivity contribution in [3.8, 4) is 0 Å². The van der Waals surface area contributed by atoms with Gasteiger partial charge in [-0.3, -0.25) is 5.10 Å². The molecule has 3 rings (SSSR count). The molecule has 0 atom stereocenters. The Morgan fingerprint density at radius 3 is 2.82 bits per heavy atom. The molecule has 1 saturated carbocycles. The summed E-state index contributed by atoms with van der Waals surface area (Å²) in [4.78, 5) is 11.0. The van der Waals surface area contributed by atoms with Crippen LogP contribution in [0, 0.1) is 0 Å². The van der Waals surface area contributed by atoms with Crippen LogP contribution in [-0.2, 0) is 0 Å². The zero-order valence-corrected chi connectivity index (χ0v) is 9.44. The van der Waals surface area contributed by atoms with Gasteiger partial charge >= 0.3 is 5.97 Å². The first kappa shape index (κ1) is 10.3. The standard InChI is InChI=1S/C13H14N2O2/c16-13(17)9-5-6-11-10(7-9)12(15-14-11)8-3-1-2-4-8/h5-8H,1-4H2,(H,14,15)(H,16,17). The zero-order valence-electron chi connectivity index (χ0n) is 9.44. The summed E-state index contributed by atoms with van der Waals surface area (Å²) in [6.45, 7) is 0. The molecule has 0 saturated heterocycles. The van der Waals surface area contributed by atoms with Crippen LogP contribution >= 0.6 is 0 Å². The summed E-state index contributed by atoms with van der Waals surface area (Å²) in [6.07, 6.45) is 4.86. The van der Waals surface area contributed by atoms with Crippen LogP contribution in [0.4, 0.5) is 0 Å². The highest BCUT2D eigenvalue weighted by Crippen LogP contribution is 2.36. The van der Waals surface area contributed by atoms with Gasteiger partial charge in [-0.05, 0) is 31.0 Å². The van der Waals surface area contributed by atoms with Crippen molar-refractivity contribution in [3.63, 3.8) is 0 Å². The zero-order chi connectivity index (χ0) is 11.8. The summed E-state index contributed by atoms with van der Waals surface area (Å²) in [5.74, 6) is -0.366. The highest BCUT2D eigenvalue weighted by Gasteiger charge is 2.21. The van der Waals surface area contributed by atoms with Gasteiger partial charge in [0, 0.05) is 17.0 Å². The maximum atomic E-state index is 11.0. The van der Waals surface area contributed by atoms with Gasteiger partial charge in [0.1, 0.15) is 0 Å². The Hall–Kier alpha value is -1.84. The average molecular weight is 230 g/mol. The van der Waals surface area contributed by atoms with E-state index in [1.165, 1.54) is 25.7 Å². The third-order valence-corrected chi connectivity index (χ3v) is 3.59. The molecule has 17 heavy (non-hydrogen) atoms. The first-order valence-electron chi connectivity index (χ1n) is 5.97. The number of fused-ring (bicyclic) bond motifs is 1. The molecule has 1 fully saturated rings.